The summed E-state index contributed by atoms with van der Waals surface area (Å²) in [7, 11) is 0. The van der Waals surface area contributed by atoms with Crippen molar-refractivity contribution in [3.63, 3.8) is 0 Å². The largest absolute Gasteiger partial charge is 0.473 e. The fraction of sp³-hybridized carbons (Fsp3) is 0.600. The van der Waals surface area contributed by atoms with Gasteiger partial charge in [0, 0.05) is 17.1 Å². The summed E-state index contributed by atoms with van der Waals surface area (Å²) in [5.41, 5.74) is 1.42. The van der Waals surface area contributed by atoms with Gasteiger partial charge in [0.05, 0.1) is 0 Å². The topological polar surface area (TPSA) is 81.1 Å². The minimum Gasteiger partial charge on any atom is -0.473 e. The van der Waals surface area contributed by atoms with Crippen LogP contribution in [0.15, 0.2) is 28.7 Å². The van der Waals surface area contributed by atoms with Gasteiger partial charge >= 0.3 is 11.9 Å². The van der Waals surface area contributed by atoms with E-state index in [9.17, 15) is 0 Å². The van der Waals surface area contributed by atoms with Crippen LogP contribution >= 0.6 is 15.9 Å². The molecule has 1 aromatic rings. The van der Waals surface area contributed by atoms with Crippen LogP contribution in [-0.2, 0) is 16.1 Å². The van der Waals surface area contributed by atoms with E-state index in [-0.39, 0.29) is 0 Å². The van der Waals surface area contributed by atoms with E-state index in [0.29, 0.717) is 0 Å². The number of piperidine rings is 2. The Bertz CT molecular complexity index is 612. The Morgan fingerprint density at radius 1 is 1.00 bits per heavy atom. The maximum absolute atomic E-state index is 9.10. The molecule has 0 radical (unpaired) electrons. The van der Waals surface area contributed by atoms with Gasteiger partial charge in [-0.25, -0.2) is 9.59 Å². The average Bonchev–Trinajstić information content (AvgIpc) is 2.65. The Kier molecular flexibility index (Phi) is 8.73. The number of hydrogen-bond donors (Lipinski definition) is 2. The van der Waals surface area contributed by atoms with Crippen molar-refractivity contribution >= 4 is 27.9 Å². The van der Waals surface area contributed by atoms with Crippen molar-refractivity contribution in [3.8, 4) is 0 Å². The fourth-order valence-electron chi connectivity index (χ4n) is 3.70. The van der Waals surface area contributed by atoms with Crippen LogP contribution in [0.5, 0.6) is 0 Å². The molecule has 0 bridgehead atoms. The van der Waals surface area contributed by atoms with E-state index < -0.39 is 11.9 Å². The number of aliphatic carboxylic acids is 2. The lowest BCUT2D eigenvalue weighted by atomic mass is 9.95. The molecule has 2 heterocycles. The number of likely N-dealkylation sites (tertiary alicyclic amines) is 2. The van der Waals surface area contributed by atoms with E-state index >= 15 is 0 Å². The summed E-state index contributed by atoms with van der Waals surface area (Å²) in [5.74, 6) is -2.71. The van der Waals surface area contributed by atoms with Gasteiger partial charge in [0.25, 0.3) is 0 Å². The molecule has 0 unspecified atom stereocenters. The van der Waals surface area contributed by atoms with Crippen LogP contribution in [0, 0.1) is 5.92 Å². The molecule has 6 nitrogen and oxygen atoms in total. The lowest BCUT2D eigenvalue weighted by Gasteiger charge is -2.41. The summed E-state index contributed by atoms with van der Waals surface area (Å²) in [4.78, 5) is 23.6. The molecule has 7 heteroatoms. The highest BCUT2D eigenvalue weighted by molar-refractivity contribution is 9.10. The number of benzene rings is 1. The Morgan fingerprint density at radius 3 is 2.07 bits per heavy atom. The third-order valence-corrected chi connectivity index (χ3v) is 6.20. The number of carboxylic acids is 2. The second kappa shape index (κ2) is 10.8. The van der Waals surface area contributed by atoms with Crippen LogP contribution in [-0.4, -0.2) is 64.2 Å². The van der Waals surface area contributed by atoms with E-state index in [1.54, 1.807) is 0 Å². The normalized spacial score (nSPS) is 19.9. The number of carboxylic acid groups (broad SMARTS) is 2. The van der Waals surface area contributed by atoms with Crippen molar-refractivity contribution in [3.05, 3.63) is 34.3 Å². The van der Waals surface area contributed by atoms with Crippen LogP contribution in [0.25, 0.3) is 0 Å². The third kappa shape index (κ3) is 7.24. The maximum atomic E-state index is 9.10. The first-order valence-corrected chi connectivity index (χ1v) is 10.3. The van der Waals surface area contributed by atoms with Crippen molar-refractivity contribution in [2.24, 2.45) is 5.92 Å². The molecule has 2 aliphatic rings. The molecule has 2 saturated heterocycles. The molecule has 3 rings (SSSR count). The fourth-order valence-corrected chi connectivity index (χ4v) is 4.11. The summed E-state index contributed by atoms with van der Waals surface area (Å²) < 4.78 is 1.25. The molecule has 0 aliphatic carbocycles. The highest BCUT2D eigenvalue weighted by Crippen LogP contribution is 2.25. The van der Waals surface area contributed by atoms with Gasteiger partial charge in [0.1, 0.15) is 0 Å². The molecule has 150 valence electrons. The Labute approximate surface area is 169 Å². The van der Waals surface area contributed by atoms with Gasteiger partial charge in [-0.2, -0.15) is 0 Å². The van der Waals surface area contributed by atoms with Crippen molar-refractivity contribution in [2.75, 3.05) is 26.2 Å². The first-order valence-electron chi connectivity index (χ1n) is 9.53. The number of rotatable bonds is 3. The smallest absolute Gasteiger partial charge is 0.414 e. The lowest BCUT2D eigenvalue weighted by Crippen LogP contribution is -2.47. The van der Waals surface area contributed by atoms with Crippen molar-refractivity contribution in [2.45, 2.75) is 45.2 Å². The number of carbonyl (C=O) groups is 2. The molecule has 1 aromatic carbocycles. The Morgan fingerprint density at radius 2 is 1.56 bits per heavy atom. The van der Waals surface area contributed by atoms with Crippen LogP contribution in [0.1, 0.15) is 38.2 Å². The van der Waals surface area contributed by atoms with Gasteiger partial charge in [0.15, 0.2) is 0 Å². The Hall–Kier alpha value is -1.44. The molecular weight excluding hydrogens is 412 g/mol. The van der Waals surface area contributed by atoms with Crippen LogP contribution in [0.4, 0.5) is 0 Å². The van der Waals surface area contributed by atoms with E-state index in [4.69, 9.17) is 19.8 Å². The quantitative estimate of drug-likeness (QED) is 0.701. The minimum absolute atomic E-state index is 0.841. The minimum atomic E-state index is -1.82. The molecule has 27 heavy (non-hydrogen) atoms. The van der Waals surface area contributed by atoms with Gasteiger partial charge in [-0.05, 0) is 69.4 Å². The standard InChI is InChI=1S/C18H27BrN2.C2H2O4/c1-15-6-12-21(13-7-15)17-8-10-20(11-9-17)14-16-4-2-3-5-18(16)19;3-1(4)2(5)6/h2-5,15,17H,6-14H2,1H3;(H,3,4)(H,5,6). The Balaban J connectivity index is 0.000000380. The second-order valence-electron chi connectivity index (χ2n) is 7.43. The molecular formula is C20H29BrN2O4. The van der Waals surface area contributed by atoms with E-state index in [2.05, 4.69) is 56.9 Å². The van der Waals surface area contributed by atoms with Gasteiger partial charge in [0.2, 0.25) is 0 Å². The summed E-state index contributed by atoms with van der Waals surface area (Å²) in [6, 6.07) is 9.46. The third-order valence-electron chi connectivity index (χ3n) is 5.43. The molecule has 0 aromatic heterocycles. The van der Waals surface area contributed by atoms with Crippen molar-refractivity contribution < 1.29 is 19.8 Å². The highest BCUT2D eigenvalue weighted by atomic mass is 79.9. The first kappa shape index (κ1) is 21.9. The maximum Gasteiger partial charge on any atom is 0.414 e. The molecule has 0 amide bonds. The first-order chi connectivity index (χ1) is 12.9. The van der Waals surface area contributed by atoms with Gasteiger partial charge in [-0.3, -0.25) is 4.90 Å². The lowest BCUT2D eigenvalue weighted by molar-refractivity contribution is -0.159. The summed E-state index contributed by atoms with van der Waals surface area (Å²) in [6.07, 6.45) is 5.49. The molecule has 0 saturated carbocycles. The monoisotopic (exact) mass is 440 g/mol. The van der Waals surface area contributed by atoms with Gasteiger partial charge in [-0.15, -0.1) is 0 Å². The van der Waals surface area contributed by atoms with Gasteiger partial charge in [-0.1, -0.05) is 41.1 Å². The van der Waals surface area contributed by atoms with Gasteiger partial charge < -0.3 is 15.1 Å². The zero-order chi connectivity index (χ0) is 19.8. The van der Waals surface area contributed by atoms with E-state index in [1.807, 2.05) is 0 Å². The molecule has 0 atom stereocenters. The number of hydrogen-bond acceptors (Lipinski definition) is 4. The van der Waals surface area contributed by atoms with Crippen molar-refractivity contribution in [1.82, 2.24) is 9.80 Å². The molecule has 2 N–H and O–H groups in total. The summed E-state index contributed by atoms with van der Waals surface area (Å²) in [6.45, 7) is 8.64. The molecule has 0 spiro atoms. The second-order valence-corrected chi connectivity index (χ2v) is 8.28. The van der Waals surface area contributed by atoms with E-state index in [1.165, 1.54) is 61.9 Å². The zero-order valence-corrected chi connectivity index (χ0v) is 17.4. The summed E-state index contributed by atoms with van der Waals surface area (Å²) >= 11 is 3.67. The zero-order valence-electron chi connectivity index (χ0n) is 15.8. The summed E-state index contributed by atoms with van der Waals surface area (Å²) in [5, 5.41) is 14.8. The highest BCUT2D eigenvalue weighted by Gasteiger charge is 2.27. The van der Waals surface area contributed by atoms with Crippen LogP contribution < -0.4 is 0 Å². The van der Waals surface area contributed by atoms with E-state index in [0.717, 1.165) is 18.5 Å². The van der Waals surface area contributed by atoms with Crippen LogP contribution in [0.3, 0.4) is 0 Å². The number of halogens is 1. The average molecular weight is 441 g/mol. The SMILES string of the molecule is CC1CCN(C2CCN(Cc3ccccc3Br)CC2)CC1.O=C(O)C(=O)O. The molecule has 2 aliphatic heterocycles. The van der Waals surface area contributed by atoms with Crippen LogP contribution in [0.2, 0.25) is 0 Å². The predicted octanol–water partition coefficient (Wildman–Crippen LogP) is 3.30. The predicted molar refractivity (Wildman–Crippen MR) is 108 cm³/mol. The van der Waals surface area contributed by atoms with Crippen molar-refractivity contribution in [1.29, 1.82) is 0 Å². The molecule has 2 fully saturated rings. The number of nitrogens with zero attached hydrogens (tertiary/aromatic N) is 2.